The van der Waals surface area contributed by atoms with Gasteiger partial charge in [0.1, 0.15) is 24.2 Å². The van der Waals surface area contributed by atoms with E-state index in [1.54, 1.807) is 12.1 Å². The molecule has 40 heavy (non-hydrogen) atoms. The van der Waals surface area contributed by atoms with Gasteiger partial charge in [-0.05, 0) is 96.1 Å². The first-order valence-corrected chi connectivity index (χ1v) is 14.0. The minimum absolute atomic E-state index is 0.231. The topological polar surface area (TPSA) is 77.5 Å². The Kier molecular flexibility index (Phi) is 8.60. The second-order valence-electron chi connectivity index (χ2n) is 10.2. The standard InChI is InChI=1S/C33H37NO6/c1-4-34(5-2)19-29(40-22(3)35)20-37-28-15-10-25(11-16-28)32(24-8-13-27(36)14-9-24)33(23-6-7-23)26-12-17-30-31(18-26)39-21-38-30/h8-18,23,29,36H,4-7,19-21H2,1-3H3. The molecule has 0 spiro atoms. The van der Waals surface area contributed by atoms with Gasteiger partial charge in [0.25, 0.3) is 0 Å². The molecule has 2 aliphatic rings. The number of phenols is 1. The van der Waals surface area contributed by atoms with Crippen LogP contribution in [0.1, 0.15) is 50.3 Å². The number of allylic oxidation sites excluding steroid dienone is 1. The summed E-state index contributed by atoms with van der Waals surface area (Å²) in [7, 11) is 0. The molecule has 210 valence electrons. The maximum absolute atomic E-state index is 11.7. The minimum Gasteiger partial charge on any atom is -0.508 e. The minimum atomic E-state index is -0.350. The third kappa shape index (κ3) is 6.59. The van der Waals surface area contributed by atoms with Crippen LogP contribution in [0.3, 0.4) is 0 Å². The van der Waals surface area contributed by atoms with Crippen molar-refractivity contribution in [1.82, 2.24) is 4.90 Å². The van der Waals surface area contributed by atoms with E-state index in [1.165, 1.54) is 12.5 Å². The Balaban J connectivity index is 1.45. The summed E-state index contributed by atoms with van der Waals surface area (Å²) in [6.07, 6.45) is 1.89. The molecule has 1 heterocycles. The van der Waals surface area contributed by atoms with Crippen LogP contribution in [-0.4, -0.2) is 55.1 Å². The summed E-state index contributed by atoms with van der Waals surface area (Å²) in [5.41, 5.74) is 5.56. The molecule has 0 bridgehead atoms. The van der Waals surface area contributed by atoms with E-state index < -0.39 is 0 Å². The number of ether oxygens (including phenoxy) is 4. The van der Waals surface area contributed by atoms with Gasteiger partial charge in [-0.15, -0.1) is 0 Å². The van der Waals surface area contributed by atoms with Gasteiger partial charge in [0.05, 0.1) is 0 Å². The molecule has 1 aliphatic carbocycles. The van der Waals surface area contributed by atoms with Crippen molar-refractivity contribution in [2.75, 3.05) is 33.0 Å². The Morgan fingerprint density at radius 1 is 0.925 bits per heavy atom. The highest BCUT2D eigenvalue weighted by Gasteiger charge is 2.31. The lowest BCUT2D eigenvalue weighted by atomic mass is 9.87. The molecule has 1 saturated carbocycles. The smallest absolute Gasteiger partial charge is 0.303 e. The molecule has 1 fully saturated rings. The van der Waals surface area contributed by atoms with E-state index in [2.05, 4.69) is 43.0 Å². The van der Waals surface area contributed by atoms with E-state index in [9.17, 15) is 9.90 Å². The summed E-state index contributed by atoms with van der Waals surface area (Å²) in [5, 5.41) is 9.98. The molecule has 7 nitrogen and oxygen atoms in total. The number of carbonyl (C=O) groups is 1. The summed E-state index contributed by atoms with van der Waals surface area (Å²) in [5.74, 6) is 2.59. The van der Waals surface area contributed by atoms with Gasteiger partial charge in [0.15, 0.2) is 11.5 Å². The Morgan fingerprint density at radius 2 is 1.55 bits per heavy atom. The highest BCUT2D eigenvalue weighted by molar-refractivity contribution is 6.00. The highest BCUT2D eigenvalue weighted by atomic mass is 16.7. The van der Waals surface area contributed by atoms with Gasteiger partial charge in [-0.3, -0.25) is 4.79 Å². The Hall–Kier alpha value is -3.97. The zero-order chi connectivity index (χ0) is 28.1. The SMILES string of the molecule is CCN(CC)CC(COc1ccc(C(=C(c2ccc3c(c2)OCO3)C2CC2)c2ccc(O)cc2)cc1)OC(C)=O. The van der Waals surface area contributed by atoms with Gasteiger partial charge in [-0.2, -0.15) is 0 Å². The molecular formula is C33H37NO6. The first-order valence-electron chi connectivity index (χ1n) is 14.0. The van der Waals surface area contributed by atoms with E-state index in [4.69, 9.17) is 18.9 Å². The molecule has 1 aliphatic heterocycles. The molecule has 7 heteroatoms. The highest BCUT2D eigenvalue weighted by Crippen LogP contribution is 2.49. The maximum atomic E-state index is 11.7. The zero-order valence-corrected chi connectivity index (χ0v) is 23.4. The van der Waals surface area contributed by atoms with Gasteiger partial charge in [-0.25, -0.2) is 0 Å². The second-order valence-corrected chi connectivity index (χ2v) is 10.2. The van der Waals surface area contributed by atoms with Crippen molar-refractivity contribution in [3.05, 3.63) is 83.4 Å². The summed E-state index contributed by atoms with van der Waals surface area (Å²) in [4.78, 5) is 13.9. The van der Waals surface area contributed by atoms with Crippen molar-refractivity contribution in [3.8, 4) is 23.0 Å². The van der Waals surface area contributed by atoms with Crippen LogP contribution < -0.4 is 14.2 Å². The normalized spacial score (nSPS) is 15.5. The van der Waals surface area contributed by atoms with Crippen LogP contribution in [0, 0.1) is 5.92 Å². The van der Waals surface area contributed by atoms with Gasteiger partial charge in [0, 0.05) is 13.5 Å². The number of carbonyl (C=O) groups excluding carboxylic acids is 1. The second kappa shape index (κ2) is 12.5. The quantitative estimate of drug-likeness (QED) is 0.217. The van der Waals surface area contributed by atoms with Crippen LogP contribution in [0.4, 0.5) is 0 Å². The predicted octanol–water partition coefficient (Wildman–Crippen LogP) is 6.14. The number of likely N-dealkylation sites (N-methyl/N-ethyl adjacent to an activating group) is 1. The lowest BCUT2D eigenvalue weighted by Gasteiger charge is -2.25. The number of nitrogens with zero attached hydrogens (tertiary/aromatic N) is 1. The number of fused-ring (bicyclic) bond motifs is 1. The number of esters is 1. The number of hydrogen-bond donors (Lipinski definition) is 1. The fourth-order valence-corrected chi connectivity index (χ4v) is 5.16. The largest absolute Gasteiger partial charge is 0.508 e. The first kappa shape index (κ1) is 27.6. The van der Waals surface area contributed by atoms with Crippen LogP contribution >= 0.6 is 0 Å². The van der Waals surface area contributed by atoms with E-state index >= 15 is 0 Å². The van der Waals surface area contributed by atoms with Crippen molar-refractivity contribution in [1.29, 1.82) is 0 Å². The van der Waals surface area contributed by atoms with Crippen LogP contribution in [0.2, 0.25) is 0 Å². The van der Waals surface area contributed by atoms with Crippen LogP contribution in [0.5, 0.6) is 23.0 Å². The first-order chi connectivity index (χ1) is 19.4. The number of hydrogen-bond acceptors (Lipinski definition) is 7. The van der Waals surface area contributed by atoms with E-state index in [1.807, 2.05) is 30.3 Å². The average molecular weight is 544 g/mol. The summed E-state index contributed by atoms with van der Waals surface area (Å²) in [6.45, 7) is 8.50. The lowest BCUT2D eigenvalue weighted by Crippen LogP contribution is -2.38. The van der Waals surface area contributed by atoms with Crippen LogP contribution in [-0.2, 0) is 9.53 Å². The molecule has 3 aromatic rings. The molecule has 3 aromatic carbocycles. The average Bonchev–Trinajstić information content (AvgIpc) is 3.69. The Labute approximate surface area is 235 Å². The third-order valence-corrected chi connectivity index (χ3v) is 7.36. The van der Waals surface area contributed by atoms with Crippen molar-refractivity contribution in [2.45, 2.75) is 39.7 Å². The van der Waals surface area contributed by atoms with Gasteiger partial charge in [0.2, 0.25) is 6.79 Å². The van der Waals surface area contributed by atoms with Gasteiger partial charge < -0.3 is 29.0 Å². The third-order valence-electron chi connectivity index (χ3n) is 7.36. The molecule has 0 amide bonds. The zero-order valence-electron chi connectivity index (χ0n) is 23.4. The molecule has 0 radical (unpaired) electrons. The van der Waals surface area contributed by atoms with E-state index in [-0.39, 0.29) is 31.2 Å². The van der Waals surface area contributed by atoms with Crippen molar-refractivity contribution in [2.24, 2.45) is 5.92 Å². The predicted molar refractivity (Wildman–Crippen MR) is 155 cm³/mol. The molecule has 5 rings (SSSR count). The molecule has 0 aromatic heterocycles. The Morgan fingerprint density at radius 3 is 2.17 bits per heavy atom. The van der Waals surface area contributed by atoms with E-state index in [0.29, 0.717) is 18.2 Å². The number of phenolic OH excluding ortho intramolecular Hbond substituents is 1. The molecule has 1 N–H and O–H groups in total. The number of benzene rings is 3. The van der Waals surface area contributed by atoms with Crippen molar-refractivity contribution >= 4 is 17.1 Å². The summed E-state index contributed by atoms with van der Waals surface area (Å²) < 4.78 is 22.9. The fourth-order valence-electron chi connectivity index (χ4n) is 5.16. The molecule has 0 saturated heterocycles. The van der Waals surface area contributed by atoms with Crippen LogP contribution in [0.25, 0.3) is 11.1 Å². The van der Waals surface area contributed by atoms with Crippen molar-refractivity contribution in [3.63, 3.8) is 0 Å². The van der Waals surface area contributed by atoms with Gasteiger partial charge in [-0.1, -0.05) is 44.2 Å². The fraction of sp³-hybridized carbons (Fsp3) is 0.364. The monoisotopic (exact) mass is 543 g/mol. The number of aromatic hydroxyl groups is 1. The molecule has 1 atom stereocenters. The molecular weight excluding hydrogens is 506 g/mol. The van der Waals surface area contributed by atoms with Gasteiger partial charge >= 0.3 is 5.97 Å². The summed E-state index contributed by atoms with van der Waals surface area (Å²) >= 11 is 0. The van der Waals surface area contributed by atoms with Crippen LogP contribution in [0.15, 0.2) is 66.7 Å². The lowest BCUT2D eigenvalue weighted by molar-refractivity contribution is -0.148. The Bertz CT molecular complexity index is 1340. The maximum Gasteiger partial charge on any atom is 0.303 e. The number of rotatable bonds is 12. The van der Waals surface area contributed by atoms with E-state index in [0.717, 1.165) is 59.7 Å². The molecule has 1 unspecified atom stereocenters. The van der Waals surface area contributed by atoms with Crippen molar-refractivity contribution < 1.29 is 28.8 Å². The summed E-state index contributed by atoms with van der Waals surface area (Å²) in [6, 6.07) is 21.6.